The van der Waals surface area contributed by atoms with E-state index >= 15 is 0 Å². The van der Waals surface area contributed by atoms with Crippen LogP contribution >= 0.6 is 0 Å². The van der Waals surface area contributed by atoms with Crippen molar-refractivity contribution in [1.29, 1.82) is 0 Å². The Bertz CT molecular complexity index is 428. The predicted octanol–water partition coefficient (Wildman–Crippen LogP) is 0.00170. The van der Waals surface area contributed by atoms with Gasteiger partial charge in [-0.05, 0) is 18.8 Å². The average Bonchev–Trinajstić information content (AvgIpc) is 2.42. The van der Waals surface area contributed by atoms with Gasteiger partial charge in [-0.25, -0.2) is 0 Å². The van der Waals surface area contributed by atoms with E-state index in [1.54, 1.807) is 13.8 Å². The van der Waals surface area contributed by atoms with E-state index in [4.69, 9.17) is 5.73 Å². The summed E-state index contributed by atoms with van der Waals surface area (Å²) in [4.78, 5) is 24.4. The Morgan fingerprint density at radius 2 is 2.00 bits per heavy atom. The molecule has 1 unspecified atom stereocenters. The predicted molar refractivity (Wildman–Crippen MR) is 72.6 cm³/mol. The molecule has 1 heterocycles. The zero-order valence-corrected chi connectivity index (χ0v) is 12.6. The number of likely N-dealkylation sites (tertiary alicyclic amines) is 1. The number of nitrogens with zero attached hydrogens (tertiary/aromatic N) is 1. The van der Waals surface area contributed by atoms with Crippen LogP contribution in [0.5, 0.6) is 0 Å². The smallest absolute Gasteiger partial charge is 0.379 e. The lowest BCUT2D eigenvalue weighted by Gasteiger charge is -2.40. The molecule has 128 valence electrons. The molecule has 9 heteroatoms. The van der Waals surface area contributed by atoms with Crippen molar-refractivity contribution in [3.05, 3.63) is 0 Å². The van der Waals surface area contributed by atoms with Crippen LogP contribution in [0.4, 0.5) is 13.2 Å². The second-order valence-electron chi connectivity index (χ2n) is 5.94. The highest BCUT2D eigenvalue weighted by Gasteiger charge is 2.55. The molecule has 0 aliphatic carbocycles. The van der Waals surface area contributed by atoms with Crippen LogP contribution in [0.25, 0.3) is 0 Å². The number of amides is 2. The number of alkyl halides is 3. The Morgan fingerprint density at radius 3 is 2.50 bits per heavy atom. The third-order valence-corrected chi connectivity index (χ3v) is 3.79. The van der Waals surface area contributed by atoms with Gasteiger partial charge in [0.15, 0.2) is 5.60 Å². The van der Waals surface area contributed by atoms with Gasteiger partial charge >= 0.3 is 6.18 Å². The fourth-order valence-corrected chi connectivity index (χ4v) is 2.18. The third-order valence-electron chi connectivity index (χ3n) is 3.79. The molecule has 22 heavy (non-hydrogen) atoms. The lowest BCUT2D eigenvalue weighted by atomic mass is 9.92. The van der Waals surface area contributed by atoms with E-state index in [1.165, 1.54) is 0 Å². The van der Waals surface area contributed by atoms with Crippen LogP contribution < -0.4 is 11.1 Å². The number of hydrogen-bond donors (Lipinski definition) is 3. The topological polar surface area (TPSA) is 95.7 Å². The maximum absolute atomic E-state index is 12.8. The molecule has 0 saturated carbocycles. The molecule has 2 atom stereocenters. The first-order valence-electron chi connectivity index (χ1n) is 7.08. The maximum atomic E-state index is 12.8. The summed E-state index contributed by atoms with van der Waals surface area (Å²) in [6.45, 7) is 2.33. The van der Waals surface area contributed by atoms with Crippen LogP contribution in [0.2, 0.25) is 0 Å². The minimum absolute atomic E-state index is 0.0429. The number of hydrogen-bond acceptors (Lipinski definition) is 4. The monoisotopic (exact) mass is 325 g/mol. The first-order chi connectivity index (χ1) is 9.98. The number of halogens is 3. The average molecular weight is 325 g/mol. The van der Waals surface area contributed by atoms with Gasteiger partial charge in [0.05, 0.1) is 19.1 Å². The number of aliphatic hydroxyl groups is 1. The molecule has 1 aliphatic rings. The van der Waals surface area contributed by atoms with Crippen molar-refractivity contribution in [3.8, 4) is 0 Å². The third kappa shape index (κ3) is 4.33. The summed E-state index contributed by atoms with van der Waals surface area (Å²) in [5, 5.41) is 11.9. The van der Waals surface area contributed by atoms with Crippen LogP contribution in [0.15, 0.2) is 0 Å². The van der Waals surface area contributed by atoms with Crippen molar-refractivity contribution >= 4 is 11.8 Å². The fraction of sp³-hybridized carbons (Fsp3) is 0.846. The number of carbonyl (C=O) groups excluding carboxylic acids is 2. The van der Waals surface area contributed by atoms with Crippen molar-refractivity contribution < 1.29 is 27.9 Å². The van der Waals surface area contributed by atoms with Gasteiger partial charge < -0.3 is 21.1 Å². The molecule has 6 nitrogen and oxygen atoms in total. The molecule has 0 aromatic rings. The molecule has 1 rings (SSSR count). The maximum Gasteiger partial charge on any atom is 0.418 e. The molecule has 0 bridgehead atoms. The highest BCUT2D eigenvalue weighted by molar-refractivity contribution is 5.87. The summed E-state index contributed by atoms with van der Waals surface area (Å²) in [5.41, 5.74) is 2.71. The van der Waals surface area contributed by atoms with Crippen molar-refractivity contribution in [2.45, 2.75) is 44.5 Å². The Hall–Kier alpha value is -1.35. The minimum Gasteiger partial charge on any atom is -0.379 e. The Labute approximate surface area is 126 Å². The number of rotatable bonds is 4. The number of piperidine rings is 1. The number of nitrogens with one attached hydrogen (secondary N) is 1. The standard InChI is InChI=1S/C13H22F3N3O3/c1-8(2)10(17)11(21)18-6-9(20)19-5-3-4-12(22,7-19)13(14,15)16/h8,10,22H,3-7,17H2,1-2H3,(H,18,21)/t10-,12?/m0/s1. The summed E-state index contributed by atoms with van der Waals surface area (Å²) < 4.78 is 38.4. The van der Waals surface area contributed by atoms with Gasteiger partial charge in [0.1, 0.15) is 0 Å². The molecule has 0 aromatic heterocycles. The zero-order chi connectivity index (χ0) is 17.1. The molecule has 1 fully saturated rings. The number of nitrogens with two attached hydrogens (primary N) is 1. The van der Waals surface area contributed by atoms with Crippen LogP contribution in [0.3, 0.4) is 0 Å². The van der Waals surface area contributed by atoms with E-state index in [1.807, 2.05) is 0 Å². The highest BCUT2D eigenvalue weighted by Crippen LogP contribution is 2.37. The largest absolute Gasteiger partial charge is 0.418 e. The van der Waals surface area contributed by atoms with E-state index in [0.29, 0.717) is 0 Å². The number of carbonyl (C=O) groups is 2. The van der Waals surface area contributed by atoms with Gasteiger partial charge in [0.25, 0.3) is 0 Å². The lowest BCUT2D eigenvalue weighted by molar-refractivity contribution is -0.272. The Balaban J connectivity index is 2.58. The lowest BCUT2D eigenvalue weighted by Crippen LogP contribution is -2.59. The van der Waals surface area contributed by atoms with Crippen LogP contribution in [-0.2, 0) is 9.59 Å². The van der Waals surface area contributed by atoms with Crippen molar-refractivity contribution in [2.75, 3.05) is 19.6 Å². The molecular weight excluding hydrogens is 303 g/mol. The molecule has 0 radical (unpaired) electrons. The first kappa shape index (κ1) is 18.7. The summed E-state index contributed by atoms with van der Waals surface area (Å²) in [5.74, 6) is -1.33. The van der Waals surface area contributed by atoms with Crippen LogP contribution in [0, 0.1) is 5.92 Å². The van der Waals surface area contributed by atoms with Gasteiger partial charge in [-0.3, -0.25) is 9.59 Å². The molecule has 0 spiro atoms. The van der Waals surface area contributed by atoms with E-state index in [2.05, 4.69) is 5.32 Å². The van der Waals surface area contributed by atoms with E-state index in [0.717, 1.165) is 4.90 Å². The van der Waals surface area contributed by atoms with E-state index in [9.17, 15) is 27.9 Å². The summed E-state index contributed by atoms with van der Waals surface area (Å²) in [6, 6.07) is -0.790. The Kier molecular flexibility index (Phi) is 5.80. The molecular formula is C13H22F3N3O3. The summed E-state index contributed by atoms with van der Waals surface area (Å²) in [6.07, 6.45) is -5.19. The molecule has 2 amide bonds. The van der Waals surface area contributed by atoms with Gasteiger partial charge in [-0.1, -0.05) is 13.8 Å². The first-order valence-corrected chi connectivity index (χ1v) is 7.08. The number of β-amino-alcohol motifs (C(OH)–C–C–N with tert-alkyl or cyclic N) is 1. The van der Waals surface area contributed by atoms with Crippen molar-refractivity contribution in [1.82, 2.24) is 10.2 Å². The molecule has 1 saturated heterocycles. The SMILES string of the molecule is CC(C)[C@H](N)C(=O)NCC(=O)N1CCCC(O)(C(F)(F)F)C1. The van der Waals surface area contributed by atoms with Gasteiger partial charge in [0, 0.05) is 6.54 Å². The normalized spacial score (nSPS) is 24.3. The highest BCUT2D eigenvalue weighted by atomic mass is 19.4. The molecule has 4 N–H and O–H groups in total. The zero-order valence-electron chi connectivity index (χ0n) is 12.6. The summed E-state index contributed by atoms with van der Waals surface area (Å²) >= 11 is 0. The molecule has 1 aliphatic heterocycles. The molecule has 0 aromatic carbocycles. The van der Waals surface area contributed by atoms with Crippen molar-refractivity contribution in [3.63, 3.8) is 0 Å². The minimum atomic E-state index is -4.80. The van der Waals surface area contributed by atoms with E-state index in [-0.39, 0.29) is 18.9 Å². The quantitative estimate of drug-likeness (QED) is 0.678. The second-order valence-corrected chi connectivity index (χ2v) is 5.94. The fourth-order valence-electron chi connectivity index (χ4n) is 2.18. The Morgan fingerprint density at radius 1 is 1.41 bits per heavy atom. The van der Waals surface area contributed by atoms with Gasteiger partial charge in [-0.15, -0.1) is 0 Å². The van der Waals surface area contributed by atoms with E-state index < -0.39 is 49.1 Å². The van der Waals surface area contributed by atoms with Gasteiger partial charge in [-0.2, -0.15) is 13.2 Å². The second kappa shape index (κ2) is 6.82. The van der Waals surface area contributed by atoms with Crippen LogP contribution in [0.1, 0.15) is 26.7 Å². The van der Waals surface area contributed by atoms with Crippen LogP contribution in [-0.4, -0.2) is 59.3 Å². The van der Waals surface area contributed by atoms with Crippen molar-refractivity contribution in [2.24, 2.45) is 11.7 Å². The summed E-state index contributed by atoms with van der Waals surface area (Å²) in [7, 11) is 0. The van der Waals surface area contributed by atoms with Gasteiger partial charge in [0.2, 0.25) is 11.8 Å².